The van der Waals surface area contributed by atoms with Crippen LogP contribution in [-0.4, -0.2) is 23.2 Å². The molecule has 16 heavy (non-hydrogen) atoms. The molecule has 0 radical (unpaired) electrons. The summed E-state index contributed by atoms with van der Waals surface area (Å²) in [6.45, 7) is 0. The van der Waals surface area contributed by atoms with E-state index in [4.69, 9.17) is 0 Å². The van der Waals surface area contributed by atoms with Gasteiger partial charge in [0.25, 0.3) is 5.91 Å². The molecule has 82 valence electrons. The number of carbonyl (C=O) groups excluding carboxylic acids is 1. The van der Waals surface area contributed by atoms with Crippen LogP contribution in [0.15, 0.2) is 36.7 Å². The number of nitrogens with one attached hydrogen (secondary N) is 1. The second-order valence-corrected chi connectivity index (χ2v) is 3.33. The lowest BCUT2D eigenvalue weighted by Crippen LogP contribution is -2.25. The highest BCUT2D eigenvalue weighted by Gasteiger charge is 2.13. The Kier molecular flexibility index (Phi) is 2.68. The summed E-state index contributed by atoms with van der Waals surface area (Å²) in [7, 11) is 1.63. The number of carbonyl (C=O) groups is 1. The topological polar surface area (TPSA) is 49.0 Å². The molecule has 0 aliphatic carbocycles. The Balaban J connectivity index is 2.22. The van der Waals surface area contributed by atoms with Gasteiger partial charge in [-0.2, -0.15) is 5.10 Å². The third-order valence-electron chi connectivity index (χ3n) is 2.26. The molecule has 2 aromatic rings. The number of halogens is 1. The van der Waals surface area contributed by atoms with Crippen molar-refractivity contribution >= 4 is 11.6 Å². The van der Waals surface area contributed by atoms with Crippen LogP contribution in [0.1, 0.15) is 10.4 Å². The van der Waals surface area contributed by atoms with Gasteiger partial charge in [0.1, 0.15) is 5.82 Å². The maximum atomic E-state index is 12.7. The largest absolute Gasteiger partial charge is 0.311 e. The fourth-order valence-corrected chi connectivity index (χ4v) is 1.34. The zero-order chi connectivity index (χ0) is 11.5. The molecule has 2 rings (SSSR count). The highest BCUT2D eigenvalue weighted by molar-refractivity contribution is 6.05. The van der Waals surface area contributed by atoms with Crippen molar-refractivity contribution in [3.8, 4) is 0 Å². The Bertz CT molecular complexity index is 478. The molecule has 4 nitrogen and oxygen atoms in total. The molecule has 0 saturated heterocycles. The Labute approximate surface area is 91.7 Å². The summed E-state index contributed by atoms with van der Waals surface area (Å²) >= 11 is 0. The summed E-state index contributed by atoms with van der Waals surface area (Å²) in [5.74, 6) is -0.520. The minimum Gasteiger partial charge on any atom is -0.311 e. The Morgan fingerprint density at radius 3 is 2.62 bits per heavy atom. The monoisotopic (exact) mass is 219 g/mol. The van der Waals surface area contributed by atoms with Crippen molar-refractivity contribution < 1.29 is 9.18 Å². The molecule has 1 N–H and O–H groups in total. The van der Waals surface area contributed by atoms with Crippen molar-refractivity contribution in [2.75, 3.05) is 11.9 Å². The molecule has 0 spiro atoms. The third kappa shape index (κ3) is 1.93. The van der Waals surface area contributed by atoms with Gasteiger partial charge in [0, 0.05) is 18.9 Å². The first-order valence-corrected chi connectivity index (χ1v) is 4.71. The molecule has 0 unspecified atom stereocenters. The number of hydrogen-bond donors (Lipinski definition) is 1. The molecule has 0 aliphatic heterocycles. The summed E-state index contributed by atoms with van der Waals surface area (Å²) in [6.07, 6.45) is 2.96. The van der Waals surface area contributed by atoms with Crippen molar-refractivity contribution in [3.05, 3.63) is 48.0 Å². The predicted octanol–water partition coefficient (Wildman–Crippen LogP) is 1.83. The Morgan fingerprint density at radius 2 is 2.06 bits per heavy atom. The van der Waals surface area contributed by atoms with Crippen LogP contribution in [0, 0.1) is 5.82 Å². The van der Waals surface area contributed by atoms with Gasteiger partial charge >= 0.3 is 0 Å². The minimum atomic E-state index is -0.326. The number of anilines is 1. The fraction of sp³-hybridized carbons (Fsp3) is 0.0909. The van der Waals surface area contributed by atoms with Crippen LogP contribution in [0.4, 0.5) is 10.1 Å². The SMILES string of the molecule is CN(C(=O)c1cn[nH]c1)c1ccc(F)cc1. The van der Waals surface area contributed by atoms with Crippen LogP contribution < -0.4 is 4.90 Å². The van der Waals surface area contributed by atoms with Crippen LogP contribution in [0.5, 0.6) is 0 Å². The minimum absolute atomic E-state index is 0.194. The van der Waals surface area contributed by atoms with Crippen LogP contribution in [0.25, 0.3) is 0 Å². The summed E-state index contributed by atoms with van der Waals surface area (Å²) in [4.78, 5) is 13.3. The third-order valence-corrected chi connectivity index (χ3v) is 2.26. The average molecular weight is 219 g/mol. The van der Waals surface area contributed by atoms with Crippen LogP contribution in [-0.2, 0) is 0 Å². The van der Waals surface area contributed by atoms with E-state index in [2.05, 4.69) is 10.2 Å². The predicted molar refractivity (Wildman–Crippen MR) is 57.7 cm³/mol. The van der Waals surface area contributed by atoms with E-state index in [-0.39, 0.29) is 11.7 Å². The van der Waals surface area contributed by atoms with Crippen molar-refractivity contribution in [2.45, 2.75) is 0 Å². The summed E-state index contributed by atoms with van der Waals surface area (Å²) in [5, 5.41) is 6.27. The first-order chi connectivity index (χ1) is 7.68. The standard InChI is InChI=1S/C11H10FN3O/c1-15(10-4-2-9(12)3-5-10)11(16)8-6-13-14-7-8/h2-7H,1H3,(H,13,14). The number of hydrogen-bond acceptors (Lipinski definition) is 2. The van der Waals surface area contributed by atoms with E-state index >= 15 is 0 Å². The first kappa shape index (κ1) is 10.4. The number of benzene rings is 1. The summed E-state index contributed by atoms with van der Waals surface area (Å²) in [6, 6.07) is 5.73. The van der Waals surface area contributed by atoms with E-state index in [9.17, 15) is 9.18 Å². The molecule has 0 saturated carbocycles. The van der Waals surface area contributed by atoms with Gasteiger partial charge in [0.2, 0.25) is 0 Å². The molecule has 5 heteroatoms. The highest BCUT2D eigenvalue weighted by Crippen LogP contribution is 2.15. The maximum absolute atomic E-state index is 12.7. The zero-order valence-electron chi connectivity index (χ0n) is 8.64. The van der Waals surface area contributed by atoms with Crippen LogP contribution >= 0.6 is 0 Å². The first-order valence-electron chi connectivity index (χ1n) is 4.71. The second kappa shape index (κ2) is 4.14. The van der Waals surface area contributed by atoms with Crippen molar-refractivity contribution in [1.29, 1.82) is 0 Å². The lowest BCUT2D eigenvalue weighted by Gasteiger charge is -2.16. The van der Waals surface area contributed by atoms with Gasteiger partial charge in [-0.25, -0.2) is 4.39 Å². The van der Waals surface area contributed by atoms with Crippen LogP contribution in [0.3, 0.4) is 0 Å². The molecule has 0 fully saturated rings. The number of amides is 1. The Hall–Kier alpha value is -2.17. The highest BCUT2D eigenvalue weighted by atomic mass is 19.1. The second-order valence-electron chi connectivity index (χ2n) is 3.33. The van der Waals surface area contributed by atoms with Crippen LogP contribution in [0.2, 0.25) is 0 Å². The number of nitrogens with zero attached hydrogens (tertiary/aromatic N) is 2. The molecule has 0 atom stereocenters. The molecule has 1 heterocycles. The quantitative estimate of drug-likeness (QED) is 0.837. The maximum Gasteiger partial charge on any atom is 0.261 e. The summed E-state index contributed by atoms with van der Waals surface area (Å²) < 4.78 is 12.7. The van der Waals surface area contributed by atoms with E-state index in [1.165, 1.54) is 29.4 Å². The number of aromatic nitrogens is 2. The molecular formula is C11H10FN3O. The lowest BCUT2D eigenvalue weighted by atomic mass is 10.2. The normalized spacial score (nSPS) is 10.1. The molecule has 1 amide bonds. The van der Waals surface area contributed by atoms with E-state index in [0.717, 1.165) is 0 Å². The van der Waals surface area contributed by atoms with Gasteiger partial charge in [-0.1, -0.05) is 0 Å². The van der Waals surface area contributed by atoms with Crippen molar-refractivity contribution in [1.82, 2.24) is 10.2 Å². The van der Waals surface area contributed by atoms with Gasteiger partial charge in [-0.15, -0.1) is 0 Å². The smallest absolute Gasteiger partial charge is 0.261 e. The van der Waals surface area contributed by atoms with Gasteiger partial charge in [-0.3, -0.25) is 9.89 Å². The molecule has 1 aromatic carbocycles. The number of H-pyrrole nitrogens is 1. The van der Waals surface area contributed by atoms with Crippen molar-refractivity contribution in [2.24, 2.45) is 0 Å². The van der Waals surface area contributed by atoms with Gasteiger partial charge in [0.05, 0.1) is 11.8 Å². The Morgan fingerprint density at radius 1 is 1.38 bits per heavy atom. The summed E-state index contributed by atoms with van der Waals surface area (Å²) in [5.41, 5.74) is 1.10. The number of aromatic amines is 1. The van der Waals surface area contributed by atoms with Gasteiger partial charge < -0.3 is 4.90 Å². The van der Waals surface area contributed by atoms with Gasteiger partial charge in [-0.05, 0) is 24.3 Å². The van der Waals surface area contributed by atoms with Gasteiger partial charge in [0.15, 0.2) is 0 Å². The molecular weight excluding hydrogens is 209 g/mol. The molecule has 0 bridgehead atoms. The van der Waals surface area contributed by atoms with E-state index in [1.54, 1.807) is 19.2 Å². The lowest BCUT2D eigenvalue weighted by molar-refractivity contribution is 0.0993. The van der Waals surface area contributed by atoms with E-state index in [0.29, 0.717) is 11.3 Å². The van der Waals surface area contributed by atoms with E-state index in [1.807, 2.05) is 0 Å². The fourth-order valence-electron chi connectivity index (χ4n) is 1.34. The average Bonchev–Trinajstić information content (AvgIpc) is 2.81. The van der Waals surface area contributed by atoms with E-state index < -0.39 is 0 Å². The number of rotatable bonds is 2. The zero-order valence-corrected chi connectivity index (χ0v) is 8.64. The molecule has 1 aromatic heterocycles. The molecule has 0 aliphatic rings. The van der Waals surface area contributed by atoms with Crippen molar-refractivity contribution in [3.63, 3.8) is 0 Å².